The van der Waals surface area contributed by atoms with Gasteiger partial charge in [-0.25, -0.2) is 0 Å². The Morgan fingerprint density at radius 3 is 2.83 bits per heavy atom. The molecule has 1 aromatic carbocycles. The van der Waals surface area contributed by atoms with Gasteiger partial charge in [-0.2, -0.15) is 0 Å². The number of nitrogens with zero attached hydrogens (tertiary/aromatic N) is 1. The van der Waals surface area contributed by atoms with Crippen LogP contribution >= 0.6 is 15.9 Å². The summed E-state index contributed by atoms with van der Waals surface area (Å²) in [5, 5.41) is 3.38. The summed E-state index contributed by atoms with van der Waals surface area (Å²) >= 11 is 3.51. The highest BCUT2D eigenvalue weighted by molar-refractivity contribution is 9.10. The number of ether oxygens (including phenoxy) is 1. The topological polar surface area (TPSA) is 24.5 Å². The predicted octanol–water partition coefficient (Wildman–Crippen LogP) is 2.51. The second kappa shape index (κ2) is 8.64. The number of benzene rings is 1. The highest BCUT2D eigenvalue weighted by Gasteiger charge is 2.14. The molecule has 0 radical (unpaired) electrons. The number of likely N-dealkylation sites (N-methyl/N-ethyl adjacent to an activating group) is 2. The third-order valence-electron chi connectivity index (χ3n) is 2.93. The van der Waals surface area contributed by atoms with Crippen LogP contribution in [-0.2, 0) is 11.3 Å². The number of nitrogens with one attached hydrogen (secondary N) is 1. The molecular weight excluding hydrogens is 292 g/mol. The first-order valence-electron chi connectivity index (χ1n) is 6.31. The maximum atomic E-state index is 5.29. The summed E-state index contributed by atoms with van der Waals surface area (Å²) < 4.78 is 6.42. The van der Waals surface area contributed by atoms with Gasteiger partial charge in [-0.05, 0) is 31.3 Å². The van der Waals surface area contributed by atoms with Gasteiger partial charge in [0.05, 0.1) is 6.61 Å². The summed E-state index contributed by atoms with van der Waals surface area (Å²) in [5.41, 5.74) is 1.31. The molecule has 1 unspecified atom stereocenters. The monoisotopic (exact) mass is 314 g/mol. The minimum atomic E-state index is 0.397. The molecule has 0 fully saturated rings. The fourth-order valence-electron chi connectivity index (χ4n) is 1.90. The van der Waals surface area contributed by atoms with Crippen molar-refractivity contribution in [3.05, 3.63) is 34.3 Å². The second-order valence-electron chi connectivity index (χ2n) is 4.46. The van der Waals surface area contributed by atoms with E-state index in [1.807, 2.05) is 0 Å². The average molecular weight is 315 g/mol. The first-order valence-corrected chi connectivity index (χ1v) is 7.11. The molecule has 0 aliphatic rings. The quantitative estimate of drug-likeness (QED) is 0.798. The van der Waals surface area contributed by atoms with Crippen LogP contribution in [0.15, 0.2) is 28.7 Å². The second-order valence-corrected chi connectivity index (χ2v) is 5.38. The Labute approximate surface area is 119 Å². The standard InChI is InChI=1S/C14H23BrN2O/c1-4-16-9-14(11-18-3)17(2)10-12-6-5-7-13(15)8-12/h5-8,14,16H,4,9-11H2,1-3H3. The molecule has 0 spiro atoms. The number of halogens is 1. The fourth-order valence-corrected chi connectivity index (χ4v) is 2.34. The Morgan fingerprint density at radius 1 is 1.44 bits per heavy atom. The van der Waals surface area contributed by atoms with E-state index in [-0.39, 0.29) is 0 Å². The fraction of sp³-hybridized carbons (Fsp3) is 0.571. The van der Waals surface area contributed by atoms with Crippen molar-refractivity contribution < 1.29 is 4.74 Å². The van der Waals surface area contributed by atoms with E-state index in [0.29, 0.717) is 6.04 Å². The van der Waals surface area contributed by atoms with E-state index in [1.165, 1.54) is 5.56 Å². The van der Waals surface area contributed by atoms with E-state index in [4.69, 9.17) is 4.74 Å². The van der Waals surface area contributed by atoms with Gasteiger partial charge in [0.1, 0.15) is 0 Å². The summed E-state index contributed by atoms with van der Waals surface area (Å²) in [4.78, 5) is 2.33. The molecule has 0 bridgehead atoms. The molecule has 1 N–H and O–H groups in total. The SMILES string of the molecule is CCNCC(COC)N(C)Cc1cccc(Br)c1. The van der Waals surface area contributed by atoms with Crippen molar-refractivity contribution in [1.29, 1.82) is 0 Å². The van der Waals surface area contributed by atoms with Crippen LogP contribution in [0.2, 0.25) is 0 Å². The van der Waals surface area contributed by atoms with Gasteiger partial charge in [0.25, 0.3) is 0 Å². The molecule has 0 heterocycles. The maximum absolute atomic E-state index is 5.29. The first kappa shape index (κ1) is 15.6. The predicted molar refractivity (Wildman–Crippen MR) is 79.8 cm³/mol. The zero-order valence-corrected chi connectivity index (χ0v) is 13.0. The van der Waals surface area contributed by atoms with Gasteiger partial charge in [-0.1, -0.05) is 35.0 Å². The minimum Gasteiger partial charge on any atom is -0.383 e. The van der Waals surface area contributed by atoms with E-state index in [0.717, 1.165) is 30.7 Å². The van der Waals surface area contributed by atoms with Crippen LogP contribution in [0.25, 0.3) is 0 Å². The van der Waals surface area contributed by atoms with Crippen molar-refractivity contribution >= 4 is 15.9 Å². The normalized spacial score (nSPS) is 12.9. The molecular formula is C14H23BrN2O. The van der Waals surface area contributed by atoms with E-state index in [9.17, 15) is 0 Å². The lowest BCUT2D eigenvalue weighted by Gasteiger charge is -2.27. The maximum Gasteiger partial charge on any atom is 0.0630 e. The van der Waals surface area contributed by atoms with Crippen LogP contribution < -0.4 is 5.32 Å². The molecule has 0 saturated heterocycles. The first-order chi connectivity index (χ1) is 8.67. The molecule has 18 heavy (non-hydrogen) atoms. The molecule has 4 heteroatoms. The molecule has 1 rings (SSSR count). The van der Waals surface area contributed by atoms with Gasteiger partial charge >= 0.3 is 0 Å². The van der Waals surface area contributed by atoms with E-state index < -0.39 is 0 Å². The highest BCUT2D eigenvalue weighted by Crippen LogP contribution is 2.14. The molecule has 0 aliphatic heterocycles. The van der Waals surface area contributed by atoms with Gasteiger partial charge in [0.2, 0.25) is 0 Å². The van der Waals surface area contributed by atoms with Crippen LogP contribution in [0.3, 0.4) is 0 Å². The Hall–Kier alpha value is -0.420. The van der Waals surface area contributed by atoms with Crippen LogP contribution in [-0.4, -0.2) is 44.8 Å². The third-order valence-corrected chi connectivity index (χ3v) is 3.43. The summed E-state index contributed by atoms with van der Waals surface area (Å²) in [5.74, 6) is 0. The van der Waals surface area contributed by atoms with Gasteiger partial charge in [-0.15, -0.1) is 0 Å². The summed E-state index contributed by atoms with van der Waals surface area (Å²) in [6.07, 6.45) is 0. The number of methoxy groups -OCH3 is 1. The lowest BCUT2D eigenvalue weighted by Crippen LogP contribution is -2.42. The smallest absolute Gasteiger partial charge is 0.0630 e. The average Bonchev–Trinajstić information content (AvgIpc) is 2.34. The zero-order valence-electron chi connectivity index (χ0n) is 11.4. The minimum absolute atomic E-state index is 0.397. The third kappa shape index (κ3) is 5.48. The molecule has 1 atom stereocenters. The summed E-state index contributed by atoms with van der Waals surface area (Å²) in [7, 11) is 3.90. The number of rotatable bonds is 8. The Balaban J connectivity index is 2.56. The number of hydrogen-bond acceptors (Lipinski definition) is 3. The van der Waals surface area contributed by atoms with Crippen molar-refractivity contribution in [1.82, 2.24) is 10.2 Å². The van der Waals surface area contributed by atoms with Gasteiger partial charge < -0.3 is 10.1 Å². The van der Waals surface area contributed by atoms with Crippen LogP contribution in [0, 0.1) is 0 Å². The van der Waals surface area contributed by atoms with Crippen molar-refractivity contribution in [2.45, 2.75) is 19.5 Å². The Kier molecular flexibility index (Phi) is 7.51. The summed E-state index contributed by atoms with van der Waals surface area (Å²) in [6, 6.07) is 8.83. The van der Waals surface area contributed by atoms with Crippen molar-refractivity contribution in [2.75, 3.05) is 33.9 Å². The zero-order chi connectivity index (χ0) is 13.4. The lowest BCUT2D eigenvalue weighted by atomic mass is 10.2. The van der Waals surface area contributed by atoms with Crippen molar-refractivity contribution in [3.8, 4) is 0 Å². The van der Waals surface area contributed by atoms with Crippen molar-refractivity contribution in [2.24, 2.45) is 0 Å². The molecule has 0 amide bonds. The van der Waals surface area contributed by atoms with Gasteiger partial charge in [0, 0.05) is 30.7 Å². The molecule has 1 aromatic rings. The Morgan fingerprint density at radius 2 is 2.22 bits per heavy atom. The van der Waals surface area contributed by atoms with Gasteiger partial charge in [-0.3, -0.25) is 4.90 Å². The van der Waals surface area contributed by atoms with Gasteiger partial charge in [0.15, 0.2) is 0 Å². The molecule has 0 aromatic heterocycles. The molecule has 0 aliphatic carbocycles. The van der Waals surface area contributed by atoms with Crippen LogP contribution in [0.1, 0.15) is 12.5 Å². The number of hydrogen-bond donors (Lipinski definition) is 1. The lowest BCUT2D eigenvalue weighted by molar-refractivity contribution is 0.102. The van der Waals surface area contributed by atoms with Crippen molar-refractivity contribution in [3.63, 3.8) is 0 Å². The molecule has 102 valence electrons. The largest absolute Gasteiger partial charge is 0.383 e. The van der Waals surface area contributed by atoms with Crippen LogP contribution in [0.5, 0.6) is 0 Å². The summed E-state index contributed by atoms with van der Waals surface area (Å²) in [6.45, 7) is 5.74. The molecule has 0 saturated carbocycles. The van der Waals surface area contributed by atoms with Crippen LogP contribution in [0.4, 0.5) is 0 Å². The van der Waals surface area contributed by atoms with E-state index >= 15 is 0 Å². The highest BCUT2D eigenvalue weighted by atomic mass is 79.9. The Bertz CT molecular complexity index is 346. The molecule has 3 nitrogen and oxygen atoms in total. The van der Waals surface area contributed by atoms with E-state index in [1.54, 1.807) is 7.11 Å². The van der Waals surface area contributed by atoms with E-state index in [2.05, 4.69) is 64.4 Å².